The Labute approximate surface area is 74.9 Å². The van der Waals surface area contributed by atoms with Crippen LogP contribution in [0.3, 0.4) is 0 Å². The lowest BCUT2D eigenvalue weighted by atomic mass is 9.77. The quantitative estimate of drug-likeness (QED) is 0.368. The van der Waals surface area contributed by atoms with Gasteiger partial charge in [-0.3, -0.25) is 10.1 Å². The molecular weight excluding hydrogens is 173 g/mol. The van der Waals surface area contributed by atoms with Gasteiger partial charge in [0, 0.05) is 11.6 Å². The van der Waals surface area contributed by atoms with Gasteiger partial charge in [-0.2, -0.15) is 0 Å². The summed E-state index contributed by atoms with van der Waals surface area (Å²) < 4.78 is 0. The monoisotopic (exact) mass is 181 g/mol. The third-order valence-corrected chi connectivity index (χ3v) is 1.82. The predicted molar refractivity (Wildman–Crippen MR) is 47.7 cm³/mol. The fourth-order valence-electron chi connectivity index (χ4n) is 1.12. The molecule has 0 aliphatic rings. The fraction of sp³-hybridized carbons (Fsp3) is 0.143. The number of benzene rings is 1. The zero-order valence-corrected chi connectivity index (χ0v) is 6.97. The van der Waals surface area contributed by atoms with E-state index in [-0.39, 0.29) is 16.7 Å². The lowest BCUT2D eigenvalue weighted by Gasteiger charge is -2.03. The molecule has 0 atom stereocenters. The lowest BCUT2D eigenvalue weighted by Crippen LogP contribution is -2.32. The minimum atomic E-state index is -1.67. The van der Waals surface area contributed by atoms with Gasteiger partial charge in [-0.05, 0) is 12.4 Å². The standard InChI is InChI=1S/C7H8BNO4/c1-5-6(8(10)11)3-2-4-7(5)9(12)13/h2-4,10-11H,1H3. The summed E-state index contributed by atoms with van der Waals surface area (Å²) in [5.74, 6) is 0. The summed E-state index contributed by atoms with van der Waals surface area (Å²) >= 11 is 0. The highest BCUT2D eigenvalue weighted by Gasteiger charge is 2.20. The Morgan fingerprint density at radius 3 is 2.54 bits per heavy atom. The molecule has 68 valence electrons. The number of nitro benzene ring substituents is 1. The molecule has 0 aromatic heterocycles. The largest absolute Gasteiger partial charge is 0.488 e. The Morgan fingerprint density at radius 2 is 2.08 bits per heavy atom. The summed E-state index contributed by atoms with van der Waals surface area (Å²) in [5.41, 5.74) is 0.335. The lowest BCUT2D eigenvalue weighted by molar-refractivity contribution is -0.385. The smallest absolute Gasteiger partial charge is 0.423 e. The van der Waals surface area contributed by atoms with Crippen molar-refractivity contribution in [1.82, 2.24) is 0 Å². The Bertz CT molecular complexity index is 339. The molecule has 13 heavy (non-hydrogen) atoms. The minimum absolute atomic E-state index is 0.106. The van der Waals surface area contributed by atoms with Gasteiger partial charge < -0.3 is 10.0 Å². The first-order valence-electron chi connectivity index (χ1n) is 3.64. The Hall–Kier alpha value is -1.40. The molecule has 1 aromatic rings. The van der Waals surface area contributed by atoms with Crippen LogP contribution in [0.25, 0.3) is 0 Å². The highest BCUT2D eigenvalue weighted by Crippen LogP contribution is 2.14. The van der Waals surface area contributed by atoms with Crippen molar-refractivity contribution in [3.8, 4) is 0 Å². The van der Waals surface area contributed by atoms with Crippen molar-refractivity contribution in [2.45, 2.75) is 6.92 Å². The summed E-state index contributed by atoms with van der Waals surface area (Å²) in [6, 6.07) is 4.17. The van der Waals surface area contributed by atoms with E-state index in [1.807, 2.05) is 0 Å². The molecule has 0 saturated heterocycles. The first kappa shape index (κ1) is 9.69. The van der Waals surface area contributed by atoms with E-state index in [4.69, 9.17) is 10.0 Å². The van der Waals surface area contributed by atoms with Gasteiger partial charge >= 0.3 is 7.12 Å². The van der Waals surface area contributed by atoms with Crippen LogP contribution in [-0.2, 0) is 0 Å². The molecule has 0 aliphatic heterocycles. The first-order chi connectivity index (χ1) is 6.04. The van der Waals surface area contributed by atoms with Gasteiger partial charge in [0.2, 0.25) is 0 Å². The predicted octanol–water partition coefficient (Wildman–Crippen LogP) is -0.417. The molecule has 0 aliphatic carbocycles. The van der Waals surface area contributed by atoms with Crippen molar-refractivity contribution >= 4 is 18.3 Å². The van der Waals surface area contributed by atoms with Crippen LogP contribution in [0.5, 0.6) is 0 Å². The zero-order valence-electron chi connectivity index (χ0n) is 6.97. The number of hydrogen-bond acceptors (Lipinski definition) is 4. The van der Waals surface area contributed by atoms with Gasteiger partial charge in [0.15, 0.2) is 0 Å². The molecule has 1 aromatic carbocycles. The van der Waals surface area contributed by atoms with Crippen molar-refractivity contribution < 1.29 is 15.0 Å². The van der Waals surface area contributed by atoms with E-state index >= 15 is 0 Å². The van der Waals surface area contributed by atoms with Gasteiger partial charge in [-0.15, -0.1) is 0 Å². The highest BCUT2D eigenvalue weighted by atomic mass is 16.6. The number of nitro groups is 1. The normalized spacial score (nSPS) is 9.77. The molecule has 0 saturated carbocycles. The maximum absolute atomic E-state index is 10.4. The van der Waals surface area contributed by atoms with E-state index in [9.17, 15) is 10.1 Å². The SMILES string of the molecule is Cc1c(B(O)O)cccc1[N+](=O)[O-]. The van der Waals surface area contributed by atoms with Crippen molar-refractivity contribution in [2.75, 3.05) is 0 Å². The average Bonchev–Trinajstić information content (AvgIpc) is 2.03. The van der Waals surface area contributed by atoms with E-state index in [0.29, 0.717) is 0 Å². The second-order valence-electron chi connectivity index (χ2n) is 2.62. The third-order valence-electron chi connectivity index (χ3n) is 1.82. The first-order valence-corrected chi connectivity index (χ1v) is 3.64. The van der Waals surface area contributed by atoms with Gasteiger partial charge in [0.05, 0.1) is 4.92 Å². The second-order valence-corrected chi connectivity index (χ2v) is 2.62. The van der Waals surface area contributed by atoms with Crippen LogP contribution < -0.4 is 5.46 Å². The molecular formula is C7H8BNO4. The van der Waals surface area contributed by atoms with Crippen LogP contribution in [0.1, 0.15) is 5.56 Å². The summed E-state index contributed by atoms with van der Waals surface area (Å²) in [6.07, 6.45) is 0. The maximum Gasteiger partial charge on any atom is 0.488 e. The number of rotatable bonds is 2. The molecule has 5 nitrogen and oxygen atoms in total. The molecule has 0 radical (unpaired) electrons. The van der Waals surface area contributed by atoms with Crippen LogP contribution in [0.2, 0.25) is 0 Å². The van der Waals surface area contributed by atoms with Gasteiger partial charge in [-0.1, -0.05) is 12.1 Å². The Balaban J connectivity index is 3.26. The van der Waals surface area contributed by atoms with Crippen molar-refractivity contribution in [3.05, 3.63) is 33.9 Å². The Kier molecular flexibility index (Phi) is 2.65. The van der Waals surface area contributed by atoms with E-state index in [0.717, 1.165) is 0 Å². The van der Waals surface area contributed by atoms with E-state index in [1.54, 1.807) is 0 Å². The third kappa shape index (κ3) is 1.85. The van der Waals surface area contributed by atoms with Crippen LogP contribution >= 0.6 is 0 Å². The molecule has 0 unspecified atom stereocenters. The van der Waals surface area contributed by atoms with Gasteiger partial charge in [0.25, 0.3) is 5.69 Å². The molecule has 0 heterocycles. The molecule has 0 spiro atoms. The van der Waals surface area contributed by atoms with Crippen LogP contribution in [0.4, 0.5) is 5.69 Å². The topological polar surface area (TPSA) is 83.6 Å². The maximum atomic E-state index is 10.4. The Morgan fingerprint density at radius 1 is 1.46 bits per heavy atom. The van der Waals surface area contributed by atoms with Crippen LogP contribution in [0, 0.1) is 17.0 Å². The van der Waals surface area contributed by atoms with Crippen LogP contribution in [-0.4, -0.2) is 22.1 Å². The molecule has 1 rings (SSSR count). The van der Waals surface area contributed by atoms with Crippen molar-refractivity contribution in [3.63, 3.8) is 0 Å². The molecule has 0 bridgehead atoms. The second kappa shape index (κ2) is 3.55. The molecule has 2 N–H and O–H groups in total. The zero-order chi connectivity index (χ0) is 10.0. The summed E-state index contributed by atoms with van der Waals surface area (Å²) in [6.45, 7) is 1.48. The van der Waals surface area contributed by atoms with Gasteiger partial charge in [0.1, 0.15) is 0 Å². The van der Waals surface area contributed by atoms with Gasteiger partial charge in [-0.25, -0.2) is 0 Å². The molecule has 0 amide bonds. The minimum Gasteiger partial charge on any atom is -0.423 e. The van der Waals surface area contributed by atoms with Crippen molar-refractivity contribution in [2.24, 2.45) is 0 Å². The van der Waals surface area contributed by atoms with E-state index in [1.165, 1.54) is 25.1 Å². The fourth-order valence-corrected chi connectivity index (χ4v) is 1.12. The van der Waals surface area contributed by atoms with Crippen LogP contribution in [0.15, 0.2) is 18.2 Å². The highest BCUT2D eigenvalue weighted by molar-refractivity contribution is 6.59. The summed E-state index contributed by atoms with van der Waals surface area (Å²) in [4.78, 5) is 9.88. The van der Waals surface area contributed by atoms with E-state index in [2.05, 4.69) is 0 Å². The van der Waals surface area contributed by atoms with E-state index < -0.39 is 12.0 Å². The summed E-state index contributed by atoms with van der Waals surface area (Å²) in [5, 5.41) is 28.1. The average molecular weight is 181 g/mol. The molecule has 6 heteroatoms. The summed E-state index contributed by atoms with van der Waals surface area (Å²) in [7, 11) is -1.67. The van der Waals surface area contributed by atoms with Crippen molar-refractivity contribution in [1.29, 1.82) is 0 Å². The number of hydrogen-bond donors (Lipinski definition) is 2. The number of nitrogens with zero attached hydrogens (tertiary/aromatic N) is 1. The molecule has 0 fully saturated rings.